The van der Waals surface area contributed by atoms with E-state index in [1.54, 1.807) is 0 Å². The van der Waals surface area contributed by atoms with Gasteiger partial charge in [-0.15, -0.1) is 0 Å². The number of likely N-dealkylation sites (tertiary alicyclic amines) is 1. The van der Waals surface area contributed by atoms with Gasteiger partial charge in [-0.3, -0.25) is 4.90 Å². The minimum atomic E-state index is -0.531. The highest BCUT2D eigenvalue weighted by molar-refractivity contribution is 5.91. The van der Waals surface area contributed by atoms with Crippen LogP contribution in [0.1, 0.15) is 46.0 Å². The molecule has 0 aromatic carbocycles. The van der Waals surface area contributed by atoms with Crippen molar-refractivity contribution >= 4 is 5.71 Å². The minimum Gasteiger partial charge on any atom is -0.411 e. The normalized spacial score (nSPS) is 62.3. The molecule has 6 rings (SSSR count). The first-order valence-electron chi connectivity index (χ1n) is 10.9. The largest absolute Gasteiger partial charge is 0.411 e. The van der Waals surface area contributed by atoms with Crippen molar-refractivity contribution < 1.29 is 15.4 Å². The summed E-state index contributed by atoms with van der Waals surface area (Å²) in [5.74, 6) is 1.14. The second kappa shape index (κ2) is 4.80. The maximum atomic E-state index is 11.5. The van der Waals surface area contributed by atoms with Crippen molar-refractivity contribution in [1.29, 1.82) is 0 Å². The second-order valence-corrected chi connectivity index (χ2v) is 10.8. The average Bonchev–Trinajstić information content (AvgIpc) is 3.18. The first-order chi connectivity index (χ1) is 12.9. The van der Waals surface area contributed by atoms with Crippen LogP contribution in [0.3, 0.4) is 0 Å². The molecular formula is C22H32N2O3. The van der Waals surface area contributed by atoms with Crippen molar-refractivity contribution in [3.05, 3.63) is 12.2 Å². The number of oxime groups is 1. The first kappa shape index (κ1) is 17.0. The lowest BCUT2D eigenvalue weighted by molar-refractivity contribution is -0.206. The Morgan fingerprint density at radius 1 is 1.30 bits per heavy atom. The van der Waals surface area contributed by atoms with Crippen LogP contribution in [0.25, 0.3) is 0 Å². The fraction of sp³-hybridized carbons (Fsp3) is 0.864. The summed E-state index contributed by atoms with van der Waals surface area (Å²) in [5.41, 5.74) is 1.53. The molecule has 5 heteroatoms. The predicted octanol–water partition coefficient (Wildman–Crippen LogP) is 2.26. The molecule has 3 N–H and O–H groups in total. The van der Waals surface area contributed by atoms with Crippen LogP contribution in [0.2, 0.25) is 0 Å². The molecule has 1 heterocycles. The number of aliphatic hydroxyl groups excluding tert-OH is 2. The van der Waals surface area contributed by atoms with Gasteiger partial charge < -0.3 is 15.4 Å². The van der Waals surface area contributed by atoms with E-state index in [1.165, 1.54) is 0 Å². The van der Waals surface area contributed by atoms with Crippen molar-refractivity contribution in [1.82, 2.24) is 4.90 Å². The van der Waals surface area contributed by atoms with Crippen LogP contribution in [-0.2, 0) is 0 Å². The Labute approximate surface area is 161 Å². The van der Waals surface area contributed by atoms with Gasteiger partial charge in [0.15, 0.2) is 0 Å². The van der Waals surface area contributed by atoms with E-state index in [1.807, 2.05) is 0 Å². The van der Waals surface area contributed by atoms with E-state index < -0.39 is 6.10 Å². The van der Waals surface area contributed by atoms with Crippen molar-refractivity contribution in [3.63, 3.8) is 0 Å². The molecule has 6 aliphatic rings. The highest BCUT2D eigenvalue weighted by atomic mass is 16.4. The highest BCUT2D eigenvalue weighted by Gasteiger charge is 2.85. The number of fused-ring (bicyclic) bond motifs is 1. The van der Waals surface area contributed by atoms with Gasteiger partial charge in [0, 0.05) is 29.3 Å². The summed E-state index contributed by atoms with van der Waals surface area (Å²) in [6.45, 7) is 11.0. The monoisotopic (exact) mass is 372 g/mol. The molecule has 7 bridgehead atoms. The van der Waals surface area contributed by atoms with Gasteiger partial charge in [0.25, 0.3) is 0 Å². The van der Waals surface area contributed by atoms with Gasteiger partial charge in [0.05, 0.1) is 17.9 Å². The molecule has 0 aromatic rings. The summed E-state index contributed by atoms with van der Waals surface area (Å²) in [7, 11) is 0. The van der Waals surface area contributed by atoms with E-state index >= 15 is 0 Å². The van der Waals surface area contributed by atoms with Gasteiger partial charge in [-0.05, 0) is 67.4 Å². The van der Waals surface area contributed by atoms with Gasteiger partial charge in [0.1, 0.15) is 0 Å². The van der Waals surface area contributed by atoms with Crippen LogP contribution in [0, 0.1) is 39.9 Å². The zero-order chi connectivity index (χ0) is 18.9. The van der Waals surface area contributed by atoms with E-state index in [0.717, 1.165) is 50.1 Å². The molecular weight excluding hydrogens is 340 g/mol. The highest BCUT2D eigenvalue weighted by Crippen LogP contribution is 2.83. The number of piperidine rings is 1. The maximum absolute atomic E-state index is 11.5. The van der Waals surface area contributed by atoms with Crippen LogP contribution in [0.4, 0.5) is 0 Å². The van der Waals surface area contributed by atoms with Crippen LogP contribution >= 0.6 is 0 Å². The van der Waals surface area contributed by atoms with E-state index in [4.69, 9.17) is 0 Å². The molecule has 6 fully saturated rings. The molecule has 0 unspecified atom stereocenters. The fourth-order valence-corrected chi connectivity index (χ4v) is 9.88. The summed E-state index contributed by atoms with van der Waals surface area (Å²) >= 11 is 0. The van der Waals surface area contributed by atoms with Crippen molar-refractivity contribution in [3.8, 4) is 0 Å². The Hall–Kier alpha value is -0.910. The molecule has 0 aromatic heterocycles. The minimum absolute atomic E-state index is 0.0130. The molecule has 5 aliphatic carbocycles. The van der Waals surface area contributed by atoms with E-state index in [9.17, 15) is 15.4 Å². The third-order valence-corrected chi connectivity index (χ3v) is 10.5. The second-order valence-electron chi connectivity index (χ2n) is 10.8. The van der Waals surface area contributed by atoms with Gasteiger partial charge in [0.2, 0.25) is 0 Å². The Kier molecular flexibility index (Phi) is 3.02. The molecule has 5 nitrogen and oxygen atoms in total. The van der Waals surface area contributed by atoms with E-state index in [2.05, 4.69) is 30.5 Å². The average molecular weight is 373 g/mol. The summed E-state index contributed by atoms with van der Waals surface area (Å²) in [5, 5.41) is 36.4. The van der Waals surface area contributed by atoms with Gasteiger partial charge >= 0.3 is 0 Å². The molecule has 5 saturated carbocycles. The summed E-state index contributed by atoms with van der Waals surface area (Å²) in [6.07, 6.45) is 3.81. The molecule has 27 heavy (non-hydrogen) atoms. The SMILES string of the molecule is C=C1[C@H]2C[C@@]3([C@@H]1O)[C@@H](C/C2=N/O)[C@@]12[C@@H]4[C@@H]3C[C@@H]1[C@@](C)(CC[C@@H]2O)CN4CC. The molecule has 1 saturated heterocycles. The van der Waals surface area contributed by atoms with Crippen molar-refractivity contribution in [2.75, 3.05) is 13.1 Å². The smallest absolute Gasteiger partial charge is 0.0816 e. The zero-order valence-electron chi connectivity index (χ0n) is 16.4. The molecule has 10 atom stereocenters. The third-order valence-electron chi connectivity index (χ3n) is 10.5. The number of hydrogen-bond acceptors (Lipinski definition) is 5. The number of aliphatic hydroxyl groups is 2. The van der Waals surface area contributed by atoms with Gasteiger partial charge in [-0.25, -0.2) is 0 Å². The van der Waals surface area contributed by atoms with Gasteiger partial charge in [-0.2, -0.15) is 0 Å². The summed E-state index contributed by atoms with van der Waals surface area (Å²) in [6, 6.07) is 0.347. The molecule has 0 radical (unpaired) electrons. The molecule has 1 aliphatic heterocycles. The van der Waals surface area contributed by atoms with Crippen molar-refractivity contribution in [2.45, 2.75) is 64.2 Å². The fourth-order valence-electron chi connectivity index (χ4n) is 9.88. The summed E-state index contributed by atoms with van der Waals surface area (Å²) < 4.78 is 0. The Morgan fingerprint density at radius 3 is 2.78 bits per heavy atom. The quantitative estimate of drug-likeness (QED) is 0.375. The topological polar surface area (TPSA) is 76.3 Å². The molecule has 2 spiro atoms. The van der Waals surface area contributed by atoms with Crippen LogP contribution in [0.5, 0.6) is 0 Å². The molecule has 0 amide bonds. The Morgan fingerprint density at radius 2 is 2.07 bits per heavy atom. The standard InChI is InChI=1S/C22H32N2O3/c1-4-24-10-20(3)6-5-17(25)22-15(20)7-13(18(22)24)21-9-12(11(2)19(21)26)14(23-27)8-16(21)22/h12-13,15-19,25-27H,2,4-10H2,1,3H3/b23-14-/t12-,13+,15-,16-,17+,18+,19-,20+,21+,22+/m1/s1. The number of hydrogen-bond donors (Lipinski definition) is 3. The van der Waals surface area contributed by atoms with Gasteiger partial charge in [-0.1, -0.05) is 25.6 Å². The van der Waals surface area contributed by atoms with Crippen LogP contribution < -0.4 is 0 Å². The molecule has 148 valence electrons. The summed E-state index contributed by atoms with van der Waals surface area (Å²) in [4.78, 5) is 2.64. The first-order valence-corrected chi connectivity index (χ1v) is 10.9. The number of rotatable bonds is 1. The lowest BCUT2D eigenvalue weighted by Crippen LogP contribution is -2.68. The van der Waals surface area contributed by atoms with E-state index in [-0.39, 0.29) is 34.2 Å². The zero-order valence-corrected chi connectivity index (χ0v) is 16.4. The third kappa shape index (κ3) is 1.48. The Bertz CT molecular complexity index is 767. The lowest BCUT2D eigenvalue weighted by Gasteiger charge is -2.65. The lowest BCUT2D eigenvalue weighted by atomic mass is 9.43. The van der Waals surface area contributed by atoms with Crippen LogP contribution in [-0.4, -0.2) is 57.4 Å². The van der Waals surface area contributed by atoms with Crippen LogP contribution in [0.15, 0.2) is 17.3 Å². The van der Waals surface area contributed by atoms with E-state index in [0.29, 0.717) is 24.3 Å². The van der Waals surface area contributed by atoms with Crippen molar-refractivity contribution in [2.24, 2.45) is 45.1 Å². The maximum Gasteiger partial charge on any atom is 0.0816 e. The predicted molar refractivity (Wildman–Crippen MR) is 101 cm³/mol. The Balaban J connectivity index is 1.61. The number of nitrogens with zero attached hydrogens (tertiary/aromatic N) is 2.